The van der Waals surface area contributed by atoms with Crippen molar-refractivity contribution in [3.8, 4) is 0 Å². The van der Waals surface area contributed by atoms with Crippen molar-refractivity contribution in [1.29, 1.82) is 0 Å². The van der Waals surface area contributed by atoms with Crippen LogP contribution in [0.15, 0.2) is 6.07 Å². The van der Waals surface area contributed by atoms with Crippen LogP contribution in [0, 0.1) is 18.8 Å². The number of rotatable bonds is 4. The van der Waals surface area contributed by atoms with E-state index in [-0.39, 0.29) is 0 Å². The van der Waals surface area contributed by atoms with Crippen molar-refractivity contribution in [2.45, 2.75) is 46.0 Å². The van der Waals surface area contributed by atoms with Gasteiger partial charge >= 0.3 is 0 Å². The first-order chi connectivity index (χ1) is 8.63. The van der Waals surface area contributed by atoms with Gasteiger partial charge in [0.25, 0.3) is 0 Å². The monoisotopic (exact) mass is 267 g/mol. The van der Waals surface area contributed by atoms with Crippen LogP contribution < -0.4 is 5.32 Å². The van der Waals surface area contributed by atoms with E-state index in [1.807, 2.05) is 13.0 Å². The zero-order valence-corrected chi connectivity index (χ0v) is 12.0. The summed E-state index contributed by atoms with van der Waals surface area (Å²) in [6.07, 6.45) is 6.78. The fourth-order valence-electron chi connectivity index (χ4n) is 2.65. The molecule has 0 amide bonds. The van der Waals surface area contributed by atoms with E-state index in [0.29, 0.717) is 5.28 Å². The quantitative estimate of drug-likeness (QED) is 0.836. The van der Waals surface area contributed by atoms with Gasteiger partial charge in [0.1, 0.15) is 5.82 Å². The summed E-state index contributed by atoms with van der Waals surface area (Å²) in [4.78, 5) is 8.23. The SMILES string of the molecule is Cc1cc(NCCC2CCC(C)CC2)nc(Cl)n1. The Morgan fingerprint density at radius 3 is 2.67 bits per heavy atom. The summed E-state index contributed by atoms with van der Waals surface area (Å²) in [5.41, 5.74) is 0.906. The van der Waals surface area contributed by atoms with Crippen molar-refractivity contribution in [3.63, 3.8) is 0 Å². The van der Waals surface area contributed by atoms with Crippen LogP contribution in [0.4, 0.5) is 5.82 Å². The Morgan fingerprint density at radius 2 is 2.00 bits per heavy atom. The molecule has 100 valence electrons. The summed E-state index contributed by atoms with van der Waals surface area (Å²) in [5, 5.41) is 3.67. The predicted octanol–water partition coefficient (Wildman–Crippen LogP) is 4.07. The Bertz CT molecular complexity index is 366. The van der Waals surface area contributed by atoms with E-state index in [9.17, 15) is 0 Å². The largest absolute Gasteiger partial charge is 0.370 e. The zero-order valence-electron chi connectivity index (χ0n) is 11.2. The third-order valence-corrected chi connectivity index (χ3v) is 3.99. The van der Waals surface area contributed by atoms with Gasteiger partial charge in [-0.25, -0.2) is 9.97 Å². The van der Waals surface area contributed by atoms with Crippen LogP contribution in [0.25, 0.3) is 0 Å². The number of nitrogens with one attached hydrogen (secondary N) is 1. The number of aryl methyl sites for hydroxylation is 1. The normalized spacial score (nSPS) is 23.9. The molecule has 0 radical (unpaired) electrons. The van der Waals surface area contributed by atoms with Gasteiger partial charge in [-0.05, 0) is 36.8 Å². The summed E-state index contributed by atoms with van der Waals surface area (Å²) < 4.78 is 0. The van der Waals surface area contributed by atoms with Crippen molar-refractivity contribution in [1.82, 2.24) is 9.97 Å². The van der Waals surface area contributed by atoms with E-state index in [0.717, 1.165) is 29.9 Å². The Kier molecular flexibility index (Phi) is 4.81. The van der Waals surface area contributed by atoms with E-state index in [4.69, 9.17) is 11.6 Å². The van der Waals surface area contributed by atoms with Crippen molar-refractivity contribution < 1.29 is 0 Å². The Hall–Kier alpha value is -0.830. The molecule has 1 saturated carbocycles. The third kappa shape index (κ3) is 4.13. The van der Waals surface area contributed by atoms with Crippen LogP contribution in [-0.2, 0) is 0 Å². The van der Waals surface area contributed by atoms with Gasteiger partial charge in [0.2, 0.25) is 5.28 Å². The lowest BCUT2D eigenvalue weighted by Gasteiger charge is -2.26. The molecule has 3 nitrogen and oxygen atoms in total. The van der Waals surface area contributed by atoms with E-state index in [1.165, 1.54) is 32.1 Å². The van der Waals surface area contributed by atoms with Gasteiger partial charge < -0.3 is 5.32 Å². The summed E-state index contributed by atoms with van der Waals surface area (Å²) in [6, 6.07) is 1.94. The molecule has 1 N–H and O–H groups in total. The molecular formula is C14H22ClN3. The molecular weight excluding hydrogens is 246 g/mol. The van der Waals surface area contributed by atoms with Crippen molar-refractivity contribution in [2.75, 3.05) is 11.9 Å². The average molecular weight is 268 g/mol. The number of nitrogens with zero attached hydrogens (tertiary/aromatic N) is 2. The molecule has 1 aromatic heterocycles. The van der Waals surface area contributed by atoms with E-state index < -0.39 is 0 Å². The first-order valence-electron chi connectivity index (χ1n) is 6.88. The van der Waals surface area contributed by atoms with Crippen LogP contribution >= 0.6 is 11.6 Å². The highest BCUT2D eigenvalue weighted by Crippen LogP contribution is 2.30. The molecule has 1 aromatic rings. The van der Waals surface area contributed by atoms with Gasteiger partial charge in [-0.15, -0.1) is 0 Å². The number of hydrogen-bond donors (Lipinski definition) is 1. The van der Waals surface area contributed by atoms with Gasteiger partial charge in [0.15, 0.2) is 0 Å². The maximum absolute atomic E-state index is 5.83. The highest BCUT2D eigenvalue weighted by atomic mass is 35.5. The molecule has 1 heterocycles. The van der Waals surface area contributed by atoms with Crippen LogP contribution in [0.5, 0.6) is 0 Å². The highest BCUT2D eigenvalue weighted by Gasteiger charge is 2.17. The van der Waals surface area contributed by atoms with Gasteiger partial charge in [-0.2, -0.15) is 0 Å². The van der Waals surface area contributed by atoms with Crippen LogP contribution in [-0.4, -0.2) is 16.5 Å². The molecule has 0 unspecified atom stereocenters. The van der Waals surface area contributed by atoms with Crippen molar-refractivity contribution in [2.24, 2.45) is 11.8 Å². The molecule has 1 aliphatic rings. The van der Waals surface area contributed by atoms with Crippen molar-refractivity contribution >= 4 is 17.4 Å². The molecule has 18 heavy (non-hydrogen) atoms. The van der Waals surface area contributed by atoms with Crippen molar-refractivity contribution in [3.05, 3.63) is 17.0 Å². The minimum atomic E-state index is 0.323. The second kappa shape index (κ2) is 6.37. The second-order valence-electron chi connectivity index (χ2n) is 5.50. The number of halogens is 1. The van der Waals surface area contributed by atoms with Gasteiger partial charge in [-0.1, -0.05) is 32.6 Å². The van der Waals surface area contributed by atoms with E-state index >= 15 is 0 Å². The van der Waals surface area contributed by atoms with Crippen LogP contribution in [0.1, 0.15) is 44.7 Å². The van der Waals surface area contributed by atoms with Gasteiger partial charge in [0.05, 0.1) is 0 Å². The van der Waals surface area contributed by atoms with E-state index in [2.05, 4.69) is 22.2 Å². The maximum Gasteiger partial charge on any atom is 0.224 e. The van der Waals surface area contributed by atoms with Gasteiger partial charge in [0, 0.05) is 18.3 Å². The zero-order chi connectivity index (χ0) is 13.0. The molecule has 1 fully saturated rings. The van der Waals surface area contributed by atoms with Crippen LogP contribution in [0.3, 0.4) is 0 Å². The summed E-state index contributed by atoms with van der Waals surface area (Å²) in [7, 11) is 0. The predicted molar refractivity (Wildman–Crippen MR) is 76.0 cm³/mol. The highest BCUT2D eigenvalue weighted by molar-refractivity contribution is 6.28. The molecule has 0 saturated heterocycles. The summed E-state index contributed by atoms with van der Waals surface area (Å²) >= 11 is 5.83. The second-order valence-corrected chi connectivity index (χ2v) is 5.84. The molecule has 1 aliphatic carbocycles. The van der Waals surface area contributed by atoms with Crippen LogP contribution in [0.2, 0.25) is 5.28 Å². The fraction of sp³-hybridized carbons (Fsp3) is 0.714. The average Bonchev–Trinajstić information content (AvgIpc) is 2.30. The molecule has 0 aromatic carbocycles. The smallest absolute Gasteiger partial charge is 0.224 e. The lowest BCUT2D eigenvalue weighted by molar-refractivity contribution is 0.282. The van der Waals surface area contributed by atoms with Gasteiger partial charge in [-0.3, -0.25) is 0 Å². The number of anilines is 1. The first-order valence-corrected chi connectivity index (χ1v) is 7.26. The minimum absolute atomic E-state index is 0.323. The third-order valence-electron chi connectivity index (χ3n) is 3.82. The van der Waals surface area contributed by atoms with E-state index in [1.54, 1.807) is 0 Å². The molecule has 4 heteroatoms. The standard InChI is InChI=1S/C14H22ClN3/c1-10-3-5-12(6-4-10)7-8-16-13-9-11(2)17-14(15)18-13/h9-10,12H,3-8H2,1-2H3,(H,16,17,18). The topological polar surface area (TPSA) is 37.8 Å². The fourth-order valence-corrected chi connectivity index (χ4v) is 2.87. The molecule has 0 bridgehead atoms. The Labute approximate surface area is 114 Å². The maximum atomic E-state index is 5.83. The molecule has 0 atom stereocenters. The Balaban J connectivity index is 1.74. The summed E-state index contributed by atoms with van der Waals surface area (Å²) in [6.45, 7) is 5.27. The lowest BCUT2D eigenvalue weighted by atomic mass is 9.81. The molecule has 0 spiro atoms. The molecule has 2 rings (SSSR count). The first kappa shape index (κ1) is 13.6. The summed E-state index contributed by atoms with van der Waals surface area (Å²) in [5.74, 6) is 2.65. The number of aromatic nitrogens is 2. The Morgan fingerprint density at radius 1 is 1.28 bits per heavy atom. The minimum Gasteiger partial charge on any atom is -0.370 e. The molecule has 0 aliphatic heterocycles. The number of hydrogen-bond acceptors (Lipinski definition) is 3. The lowest BCUT2D eigenvalue weighted by Crippen LogP contribution is -2.16.